The molecule has 0 heterocycles. The van der Waals surface area contributed by atoms with Crippen LogP contribution >= 0.6 is 12.6 Å². The monoisotopic (exact) mass is 659 g/mol. The van der Waals surface area contributed by atoms with E-state index in [0.29, 0.717) is 37.5 Å². The number of benzene rings is 1. The first-order chi connectivity index (χ1) is 22.3. The first-order valence-corrected chi connectivity index (χ1v) is 18.7. The molecule has 0 aromatic heterocycles. The van der Waals surface area contributed by atoms with Crippen LogP contribution in [0.1, 0.15) is 114 Å². The van der Waals surface area contributed by atoms with E-state index >= 15 is 0 Å². The third kappa shape index (κ3) is 10.4. The molecule has 3 aliphatic rings. The van der Waals surface area contributed by atoms with Crippen molar-refractivity contribution in [2.45, 2.75) is 128 Å². The molecule has 9 heteroatoms. The van der Waals surface area contributed by atoms with Gasteiger partial charge in [-0.1, -0.05) is 64.0 Å². The van der Waals surface area contributed by atoms with Crippen molar-refractivity contribution in [2.24, 2.45) is 29.6 Å². The van der Waals surface area contributed by atoms with Gasteiger partial charge in [-0.3, -0.25) is 9.59 Å². The lowest BCUT2D eigenvalue weighted by Crippen LogP contribution is -2.42. The summed E-state index contributed by atoms with van der Waals surface area (Å²) in [6.07, 6.45) is 14.6. The van der Waals surface area contributed by atoms with Gasteiger partial charge in [0.15, 0.2) is 6.61 Å². The van der Waals surface area contributed by atoms with Crippen molar-refractivity contribution in [3.63, 3.8) is 0 Å². The van der Waals surface area contributed by atoms with Crippen LogP contribution in [0.5, 0.6) is 5.75 Å². The minimum Gasteiger partial charge on any atom is -0.482 e. The van der Waals surface area contributed by atoms with Gasteiger partial charge in [0.25, 0.3) is 0 Å². The SMILES string of the molecule is CCCCC[C@H](O)CC[C@@H]1[C@H]2Cc3cccc(OCC(=O)O)c3C[C@H]2C[C@H]1OC(=O)C1CCCCC1C(=O)NCCCCCCS. The number of thiol groups is 1. The molecule has 8 nitrogen and oxygen atoms in total. The quantitative estimate of drug-likeness (QED) is 0.0755. The Morgan fingerprint density at radius 1 is 1.00 bits per heavy atom. The maximum Gasteiger partial charge on any atom is 0.341 e. The fourth-order valence-corrected chi connectivity index (χ4v) is 8.47. The summed E-state index contributed by atoms with van der Waals surface area (Å²) < 4.78 is 12.1. The Kier molecular flexibility index (Phi) is 15.0. The predicted molar refractivity (Wildman–Crippen MR) is 182 cm³/mol. The highest BCUT2D eigenvalue weighted by Gasteiger charge is 2.48. The molecule has 258 valence electrons. The van der Waals surface area contributed by atoms with E-state index in [1.165, 1.54) is 5.56 Å². The predicted octanol–water partition coefficient (Wildman–Crippen LogP) is 6.55. The van der Waals surface area contributed by atoms with Gasteiger partial charge in [-0.2, -0.15) is 12.6 Å². The van der Waals surface area contributed by atoms with Crippen molar-refractivity contribution < 1.29 is 34.1 Å². The maximum absolute atomic E-state index is 13.9. The Bertz CT molecular complexity index is 1130. The number of hydrogen-bond donors (Lipinski definition) is 4. The number of fused-ring (bicyclic) bond motifs is 2. The number of nitrogens with one attached hydrogen (secondary N) is 1. The van der Waals surface area contributed by atoms with Crippen LogP contribution in [0.25, 0.3) is 0 Å². The molecule has 0 radical (unpaired) electrons. The van der Waals surface area contributed by atoms with Gasteiger partial charge in [-0.15, -0.1) is 0 Å². The van der Waals surface area contributed by atoms with Gasteiger partial charge in [-0.25, -0.2) is 4.79 Å². The number of aliphatic hydroxyl groups is 1. The maximum atomic E-state index is 13.9. The van der Waals surface area contributed by atoms with Crippen LogP contribution in [0.3, 0.4) is 0 Å². The van der Waals surface area contributed by atoms with Crippen LogP contribution in [0.15, 0.2) is 18.2 Å². The highest BCUT2D eigenvalue weighted by Crippen LogP contribution is 2.50. The Labute approximate surface area is 281 Å². The molecule has 3 aliphatic carbocycles. The molecule has 0 bridgehead atoms. The van der Waals surface area contributed by atoms with Crippen LogP contribution in [0.2, 0.25) is 0 Å². The molecular weight excluding hydrogens is 602 g/mol. The lowest BCUT2D eigenvalue weighted by atomic mass is 9.73. The largest absolute Gasteiger partial charge is 0.482 e. The molecule has 1 amide bonds. The molecule has 7 atom stereocenters. The van der Waals surface area contributed by atoms with E-state index in [1.807, 2.05) is 12.1 Å². The number of hydrogen-bond acceptors (Lipinski definition) is 7. The molecule has 46 heavy (non-hydrogen) atoms. The van der Waals surface area contributed by atoms with Crippen molar-refractivity contribution >= 4 is 30.5 Å². The number of aliphatic hydroxyl groups excluding tert-OH is 1. The van der Waals surface area contributed by atoms with Gasteiger partial charge in [0.1, 0.15) is 11.9 Å². The molecule has 3 N–H and O–H groups in total. The van der Waals surface area contributed by atoms with E-state index in [2.05, 4.69) is 30.9 Å². The lowest BCUT2D eigenvalue weighted by Gasteiger charge is -2.33. The summed E-state index contributed by atoms with van der Waals surface area (Å²) in [7, 11) is 0. The molecule has 1 aromatic rings. The number of carbonyl (C=O) groups is 3. The van der Waals surface area contributed by atoms with Crippen molar-refractivity contribution in [2.75, 3.05) is 18.9 Å². The third-order valence-corrected chi connectivity index (χ3v) is 11.0. The molecule has 0 saturated heterocycles. The zero-order valence-electron chi connectivity index (χ0n) is 27.8. The van der Waals surface area contributed by atoms with Gasteiger partial charge in [0, 0.05) is 6.54 Å². The van der Waals surface area contributed by atoms with E-state index in [1.54, 1.807) is 0 Å². The second-order valence-corrected chi connectivity index (χ2v) is 14.4. The molecule has 0 spiro atoms. The Balaban J connectivity index is 1.44. The van der Waals surface area contributed by atoms with Crippen LogP contribution in [0, 0.1) is 29.6 Å². The molecule has 1 aromatic carbocycles. The molecular formula is C37H57NO7S. The summed E-state index contributed by atoms with van der Waals surface area (Å²) in [5.41, 5.74) is 2.23. The second kappa shape index (κ2) is 18.9. The summed E-state index contributed by atoms with van der Waals surface area (Å²) in [5.74, 6) is 0.172. The average Bonchev–Trinajstić information content (AvgIpc) is 3.38. The summed E-state index contributed by atoms with van der Waals surface area (Å²) in [6.45, 7) is 2.42. The number of esters is 1. The topological polar surface area (TPSA) is 122 Å². The van der Waals surface area contributed by atoms with Crippen molar-refractivity contribution in [1.29, 1.82) is 0 Å². The summed E-state index contributed by atoms with van der Waals surface area (Å²) in [6, 6.07) is 5.86. The summed E-state index contributed by atoms with van der Waals surface area (Å²) >= 11 is 4.27. The number of rotatable bonds is 19. The van der Waals surface area contributed by atoms with E-state index in [-0.39, 0.29) is 48.4 Å². The number of ether oxygens (including phenoxy) is 2. The third-order valence-electron chi connectivity index (χ3n) is 10.7. The highest BCUT2D eigenvalue weighted by molar-refractivity contribution is 7.80. The minimum atomic E-state index is -1.00. The number of aliphatic carboxylic acids is 1. The standard InChI is InChI=1S/C37H57NO7S/c1-2-3-6-13-27(39)17-18-28-31-21-25-12-11-16-33(44-24-35(40)41)32(25)22-26(31)23-34(28)45-37(43)30-15-8-7-14-29(30)36(42)38-19-9-4-5-10-20-46/h11-12,16,26-31,34,39,46H,2-10,13-15,17-24H2,1H3,(H,38,42)(H,40,41)/t26-,27-,28+,29?,30?,31-,34+/m0/s1. The number of carboxylic acids is 1. The Hall–Kier alpha value is -2.26. The number of carboxylic acid groups (broad SMARTS) is 1. The number of unbranched alkanes of at least 4 members (excludes halogenated alkanes) is 5. The van der Waals surface area contributed by atoms with Gasteiger partial charge in [0.2, 0.25) is 5.91 Å². The van der Waals surface area contributed by atoms with Crippen LogP contribution in [-0.4, -0.2) is 59.2 Å². The van der Waals surface area contributed by atoms with Gasteiger partial charge < -0.3 is 25.0 Å². The minimum absolute atomic E-state index is 0.0213. The average molecular weight is 660 g/mol. The number of amides is 1. The van der Waals surface area contributed by atoms with E-state index in [9.17, 15) is 24.6 Å². The molecule has 2 fully saturated rings. The molecule has 0 aliphatic heterocycles. The van der Waals surface area contributed by atoms with E-state index < -0.39 is 11.9 Å². The first-order valence-electron chi connectivity index (χ1n) is 18.0. The smallest absolute Gasteiger partial charge is 0.341 e. The molecule has 2 saturated carbocycles. The Morgan fingerprint density at radius 2 is 1.78 bits per heavy atom. The molecule has 2 unspecified atom stereocenters. The normalized spacial score (nSPS) is 26.1. The zero-order chi connectivity index (χ0) is 32.9. The van der Waals surface area contributed by atoms with Crippen molar-refractivity contribution in [3.05, 3.63) is 29.3 Å². The highest BCUT2D eigenvalue weighted by atomic mass is 32.1. The lowest BCUT2D eigenvalue weighted by molar-refractivity contribution is -0.162. The summed E-state index contributed by atoms with van der Waals surface area (Å²) in [4.78, 5) is 38.3. The fraction of sp³-hybridized carbons (Fsp3) is 0.757. The van der Waals surface area contributed by atoms with E-state index in [0.717, 1.165) is 101 Å². The van der Waals surface area contributed by atoms with Crippen molar-refractivity contribution in [3.8, 4) is 5.75 Å². The van der Waals surface area contributed by atoms with Gasteiger partial charge >= 0.3 is 11.9 Å². The van der Waals surface area contributed by atoms with Gasteiger partial charge in [-0.05, 0) is 105 Å². The summed E-state index contributed by atoms with van der Waals surface area (Å²) in [5, 5.41) is 23.1. The second-order valence-electron chi connectivity index (χ2n) is 13.9. The Morgan fingerprint density at radius 3 is 2.54 bits per heavy atom. The van der Waals surface area contributed by atoms with Gasteiger partial charge in [0.05, 0.1) is 17.9 Å². The first kappa shape index (κ1) is 36.6. The van der Waals surface area contributed by atoms with Crippen molar-refractivity contribution in [1.82, 2.24) is 5.32 Å². The fourth-order valence-electron chi connectivity index (χ4n) is 8.24. The zero-order valence-corrected chi connectivity index (χ0v) is 28.7. The van der Waals surface area contributed by atoms with Crippen LogP contribution in [0.4, 0.5) is 0 Å². The molecule has 4 rings (SSSR count). The number of carbonyl (C=O) groups excluding carboxylic acids is 2. The van der Waals surface area contributed by atoms with Crippen LogP contribution < -0.4 is 10.1 Å². The van der Waals surface area contributed by atoms with Crippen LogP contribution in [-0.2, 0) is 32.0 Å². The van der Waals surface area contributed by atoms with E-state index in [4.69, 9.17) is 9.47 Å².